The lowest BCUT2D eigenvalue weighted by atomic mass is 10.1. The highest BCUT2D eigenvalue weighted by Gasteiger charge is 2.20. The number of aromatic amines is 1. The van der Waals surface area contributed by atoms with Crippen molar-refractivity contribution in [3.63, 3.8) is 0 Å². The molecular formula is C11H19N3O. The summed E-state index contributed by atoms with van der Waals surface area (Å²) in [5.41, 5.74) is 0. The molecule has 0 unspecified atom stereocenters. The van der Waals surface area contributed by atoms with Crippen molar-refractivity contribution in [2.24, 2.45) is 0 Å². The highest BCUT2D eigenvalue weighted by Crippen LogP contribution is 2.31. The van der Waals surface area contributed by atoms with Gasteiger partial charge in [-0.05, 0) is 19.8 Å². The van der Waals surface area contributed by atoms with Gasteiger partial charge in [0.05, 0.1) is 6.61 Å². The summed E-state index contributed by atoms with van der Waals surface area (Å²) in [6, 6.07) is 0. The topological polar surface area (TPSA) is 50.8 Å². The van der Waals surface area contributed by atoms with Crippen LogP contribution in [0.5, 0.6) is 0 Å². The average Bonchev–Trinajstić information content (AvgIpc) is 2.87. The van der Waals surface area contributed by atoms with Crippen molar-refractivity contribution < 1.29 is 4.74 Å². The smallest absolute Gasteiger partial charge is 0.153 e. The summed E-state index contributed by atoms with van der Waals surface area (Å²) in [7, 11) is 0. The number of rotatable bonds is 5. The minimum absolute atomic E-state index is 0.599. The second-order valence-electron chi connectivity index (χ2n) is 4.07. The molecule has 1 aromatic rings. The molecule has 15 heavy (non-hydrogen) atoms. The van der Waals surface area contributed by atoms with Crippen LogP contribution in [0.1, 0.15) is 50.2 Å². The summed E-state index contributed by atoms with van der Waals surface area (Å²) in [4.78, 5) is 4.52. The van der Waals surface area contributed by atoms with Crippen LogP contribution in [0.3, 0.4) is 0 Å². The third kappa shape index (κ3) is 2.78. The van der Waals surface area contributed by atoms with E-state index < -0.39 is 0 Å². The lowest BCUT2D eigenvalue weighted by Gasteiger charge is -2.00. The lowest BCUT2D eigenvalue weighted by molar-refractivity contribution is 0.149. The molecule has 0 atom stereocenters. The quantitative estimate of drug-likeness (QED) is 0.755. The standard InChI is InChI=1S/C11H19N3O/c1-2-15-8-7-10-12-11(14-13-10)9-5-3-4-6-9/h9H,2-8H2,1H3,(H,12,13,14). The van der Waals surface area contributed by atoms with Crippen LogP contribution < -0.4 is 0 Å². The predicted octanol–water partition coefficient (Wildman–Crippen LogP) is 2.04. The summed E-state index contributed by atoms with van der Waals surface area (Å²) in [6.45, 7) is 3.50. The molecule has 4 nitrogen and oxygen atoms in total. The Hall–Kier alpha value is -0.900. The molecule has 1 aromatic heterocycles. The molecule has 1 fully saturated rings. The van der Waals surface area contributed by atoms with E-state index in [0.29, 0.717) is 5.92 Å². The zero-order chi connectivity index (χ0) is 10.5. The Labute approximate surface area is 90.4 Å². The van der Waals surface area contributed by atoms with Crippen molar-refractivity contribution in [1.82, 2.24) is 15.2 Å². The summed E-state index contributed by atoms with van der Waals surface area (Å²) >= 11 is 0. The van der Waals surface area contributed by atoms with Gasteiger partial charge < -0.3 is 4.74 Å². The molecule has 2 rings (SSSR count). The molecule has 0 radical (unpaired) electrons. The molecule has 0 aliphatic heterocycles. The fourth-order valence-electron chi connectivity index (χ4n) is 2.10. The van der Waals surface area contributed by atoms with Crippen LogP contribution in [0.4, 0.5) is 0 Å². The zero-order valence-corrected chi connectivity index (χ0v) is 9.33. The molecule has 1 saturated carbocycles. The highest BCUT2D eigenvalue weighted by molar-refractivity contribution is 5.00. The highest BCUT2D eigenvalue weighted by atomic mass is 16.5. The van der Waals surface area contributed by atoms with E-state index in [9.17, 15) is 0 Å². The Morgan fingerprint density at radius 3 is 2.93 bits per heavy atom. The van der Waals surface area contributed by atoms with E-state index in [0.717, 1.165) is 31.3 Å². The summed E-state index contributed by atoms with van der Waals surface area (Å²) < 4.78 is 5.28. The molecule has 0 spiro atoms. The lowest BCUT2D eigenvalue weighted by Crippen LogP contribution is -2.00. The van der Waals surface area contributed by atoms with Crippen molar-refractivity contribution in [3.8, 4) is 0 Å². The van der Waals surface area contributed by atoms with Crippen LogP contribution in [0.2, 0.25) is 0 Å². The fraction of sp³-hybridized carbons (Fsp3) is 0.818. The number of hydrogen-bond donors (Lipinski definition) is 1. The van der Waals surface area contributed by atoms with Crippen molar-refractivity contribution >= 4 is 0 Å². The Bertz CT molecular complexity index is 292. The fourth-order valence-corrected chi connectivity index (χ4v) is 2.10. The second kappa shape index (κ2) is 5.26. The first-order chi connectivity index (χ1) is 7.40. The zero-order valence-electron chi connectivity index (χ0n) is 9.33. The largest absolute Gasteiger partial charge is 0.381 e. The van der Waals surface area contributed by atoms with Crippen LogP contribution in [0.25, 0.3) is 0 Å². The molecule has 0 amide bonds. The summed E-state index contributed by atoms with van der Waals surface area (Å²) in [6.07, 6.45) is 6.00. The molecule has 0 aromatic carbocycles. The first-order valence-electron chi connectivity index (χ1n) is 5.89. The average molecular weight is 209 g/mol. The Balaban J connectivity index is 1.86. The SMILES string of the molecule is CCOCCc1nc(C2CCCC2)n[nH]1. The predicted molar refractivity (Wildman–Crippen MR) is 57.8 cm³/mol. The first kappa shape index (κ1) is 10.6. The maximum absolute atomic E-state index is 5.28. The molecule has 4 heteroatoms. The second-order valence-corrected chi connectivity index (χ2v) is 4.07. The van der Waals surface area contributed by atoms with Gasteiger partial charge in [0, 0.05) is 18.9 Å². The van der Waals surface area contributed by atoms with Gasteiger partial charge in [0.15, 0.2) is 5.82 Å². The van der Waals surface area contributed by atoms with Crippen LogP contribution in [0.15, 0.2) is 0 Å². The van der Waals surface area contributed by atoms with E-state index in [-0.39, 0.29) is 0 Å². The maximum atomic E-state index is 5.28. The number of nitrogens with one attached hydrogen (secondary N) is 1. The monoisotopic (exact) mass is 209 g/mol. The number of ether oxygens (including phenoxy) is 1. The van der Waals surface area contributed by atoms with Gasteiger partial charge in [-0.3, -0.25) is 5.10 Å². The van der Waals surface area contributed by atoms with E-state index in [1.165, 1.54) is 25.7 Å². The number of aromatic nitrogens is 3. The molecule has 1 heterocycles. The van der Waals surface area contributed by atoms with Crippen LogP contribution >= 0.6 is 0 Å². The van der Waals surface area contributed by atoms with E-state index in [2.05, 4.69) is 15.2 Å². The van der Waals surface area contributed by atoms with Crippen molar-refractivity contribution in [3.05, 3.63) is 11.6 Å². The van der Waals surface area contributed by atoms with Crippen molar-refractivity contribution in [1.29, 1.82) is 0 Å². The van der Waals surface area contributed by atoms with Crippen molar-refractivity contribution in [2.45, 2.75) is 44.9 Å². The molecule has 0 bridgehead atoms. The minimum Gasteiger partial charge on any atom is -0.381 e. The number of H-pyrrole nitrogens is 1. The van der Waals surface area contributed by atoms with Gasteiger partial charge in [-0.25, -0.2) is 4.98 Å². The summed E-state index contributed by atoms with van der Waals surface area (Å²) in [5.74, 6) is 2.58. The number of nitrogens with zero attached hydrogens (tertiary/aromatic N) is 2. The maximum Gasteiger partial charge on any atom is 0.153 e. The van der Waals surface area contributed by atoms with Gasteiger partial charge >= 0.3 is 0 Å². The van der Waals surface area contributed by atoms with Gasteiger partial charge in [-0.15, -0.1) is 0 Å². The van der Waals surface area contributed by atoms with Gasteiger partial charge in [0.25, 0.3) is 0 Å². The molecule has 84 valence electrons. The van der Waals surface area contributed by atoms with E-state index in [4.69, 9.17) is 4.74 Å². The Morgan fingerprint density at radius 2 is 2.20 bits per heavy atom. The van der Waals surface area contributed by atoms with Gasteiger partial charge in [0.1, 0.15) is 5.82 Å². The third-order valence-electron chi connectivity index (χ3n) is 2.96. The van der Waals surface area contributed by atoms with E-state index in [1.54, 1.807) is 0 Å². The van der Waals surface area contributed by atoms with Gasteiger partial charge in [-0.2, -0.15) is 5.10 Å². The number of hydrogen-bond acceptors (Lipinski definition) is 3. The summed E-state index contributed by atoms with van der Waals surface area (Å²) in [5, 5.41) is 7.29. The molecular weight excluding hydrogens is 190 g/mol. The molecule has 1 aliphatic carbocycles. The first-order valence-corrected chi connectivity index (χ1v) is 5.89. The van der Waals surface area contributed by atoms with Gasteiger partial charge in [-0.1, -0.05) is 12.8 Å². The Kier molecular flexibility index (Phi) is 3.72. The Morgan fingerprint density at radius 1 is 1.40 bits per heavy atom. The van der Waals surface area contributed by atoms with Crippen LogP contribution in [-0.2, 0) is 11.2 Å². The van der Waals surface area contributed by atoms with Crippen LogP contribution in [0, 0.1) is 0 Å². The van der Waals surface area contributed by atoms with E-state index in [1.807, 2.05) is 6.92 Å². The molecule has 1 aliphatic rings. The van der Waals surface area contributed by atoms with Crippen LogP contribution in [-0.4, -0.2) is 28.4 Å². The molecule has 0 saturated heterocycles. The molecule has 1 N–H and O–H groups in total. The third-order valence-corrected chi connectivity index (χ3v) is 2.96. The van der Waals surface area contributed by atoms with Gasteiger partial charge in [0.2, 0.25) is 0 Å². The van der Waals surface area contributed by atoms with E-state index >= 15 is 0 Å². The normalized spacial score (nSPS) is 17.4. The minimum atomic E-state index is 0.599. The van der Waals surface area contributed by atoms with Crippen molar-refractivity contribution in [2.75, 3.05) is 13.2 Å².